The van der Waals surface area contributed by atoms with Gasteiger partial charge in [-0.2, -0.15) is 0 Å². The van der Waals surface area contributed by atoms with Crippen LogP contribution in [0.4, 0.5) is 5.69 Å². The van der Waals surface area contributed by atoms with Gasteiger partial charge in [0.1, 0.15) is 11.6 Å². The van der Waals surface area contributed by atoms with E-state index in [4.69, 9.17) is 10.5 Å². The Labute approximate surface area is 210 Å². The monoisotopic (exact) mass is 486 g/mol. The van der Waals surface area contributed by atoms with Gasteiger partial charge < -0.3 is 15.4 Å². The number of benzene rings is 2. The van der Waals surface area contributed by atoms with Gasteiger partial charge in [-0.25, -0.2) is 4.98 Å². The Hall–Kier alpha value is -4.16. The van der Waals surface area contributed by atoms with Gasteiger partial charge in [-0.05, 0) is 49.7 Å². The smallest absolute Gasteiger partial charge is 0.288 e. The number of H-pyrrole nitrogens is 1. The van der Waals surface area contributed by atoms with E-state index < -0.39 is 5.91 Å². The molecule has 1 fully saturated rings. The Morgan fingerprint density at radius 3 is 2.67 bits per heavy atom. The first-order chi connectivity index (χ1) is 17.5. The molecular formula is C27H30N6O3. The van der Waals surface area contributed by atoms with Crippen molar-refractivity contribution in [2.45, 2.75) is 25.7 Å². The highest BCUT2D eigenvalue weighted by atomic mass is 16.5. The maximum Gasteiger partial charge on any atom is 0.288 e. The summed E-state index contributed by atoms with van der Waals surface area (Å²) in [6.07, 6.45) is 3.60. The number of nitrogens with two attached hydrogens (primary N) is 1. The summed E-state index contributed by atoms with van der Waals surface area (Å²) in [5.74, 6) is 7.30. The van der Waals surface area contributed by atoms with Crippen LogP contribution in [0.5, 0.6) is 5.75 Å². The topological polar surface area (TPSA) is 117 Å². The molecule has 0 saturated carbocycles. The summed E-state index contributed by atoms with van der Waals surface area (Å²) in [4.78, 5) is 30.6. The number of ether oxygens (including phenoxy) is 1. The third kappa shape index (κ3) is 6.71. The lowest BCUT2D eigenvalue weighted by molar-refractivity contribution is -0.118. The first kappa shape index (κ1) is 24.9. The molecule has 0 spiro atoms. The summed E-state index contributed by atoms with van der Waals surface area (Å²) in [6.45, 7) is 3.58. The Bertz CT molecular complexity index is 1260. The van der Waals surface area contributed by atoms with Gasteiger partial charge in [0.25, 0.3) is 5.91 Å². The van der Waals surface area contributed by atoms with Crippen molar-refractivity contribution < 1.29 is 14.3 Å². The van der Waals surface area contributed by atoms with Gasteiger partial charge in [-0.1, -0.05) is 42.2 Å². The average Bonchev–Trinajstić information content (AvgIpc) is 3.55. The molecule has 9 nitrogen and oxygen atoms in total. The molecule has 9 heteroatoms. The number of aromatic nitrogens is 3. The molecule has 186 valence electrons. The lowest BCUT2D eigenvalue weighted by atomic mass is 10.1. The molecule has 0 aliphatic carbocycles. The second-order valence-corrected chi connectivity index (χ2v) is 8.65. The van der Waals surface area contributed by atoms with Crippen LogP contribution in [-0.4, -0.2) is 65.2 Å². The fourth-order valence-corrected chi connectivity index (χ4v) is 4.00. The van der Waals surface area contributed by atoms with Crippen LogP contribution in [0, 0.1) is 11.8 Å². The van der Waals surface area contributed by atoms with Crippen LogP contribution < -0.4 is 15.4 Å². The molecule has 3 heterocycles. The van der Waals surface area contributed by atoms with Crippen molar-refractivity contribution in [3.63, 3.8) is 0 Å². The molecule has 2 aliphatic heterocycles. The van der Waals surface area contributed by atoms with Crippen molar-refractivity contribution in [3.05, 3.63) is 71.3 Å². The predicted octanol–water partition coefficient (Wildman–Crippen LogP) is 2.37. The van der Waals surface area contributed by atoms with Gasteiger partial charge in [0.2, 0.25) is 11.7 Å². The quantitative estimate of drug-likeness (QED) is 0.547. The Morgan fingerprint density at radius 1 is 1.17 bits per heavy atom. The molecule has 2 aliphatic rings. The van der Waals surface area contributed by atoms with Crippen LogP contribution in [0.15, 0.2) is 48.5 Å². The van der Waals surface area contributed by atoms with Crippen LogP contribution in [0.1, 0.15) is 46.8 Å². The van der Waals surface area contributed by atoms with Gasteiger partial charge in [0.15, 0.2) is 0 Å². The zero-order chi connectivity index (χ0) is 25.3. The Balaban J connectivity index is 0.000000179. The molecule has 3 aromatic rings. The molecule has 0 atom stereocenters. The zero-order valence-electron chi connectivity index (χ0n) is 20.4. The van der Waals surface area contributed by atoms with E-state index in [1.54, 1.807) is 11.9 Å². The third-order valence-corrected chi connectivity index (χ3v) is 5.97. The van der Waals surface area contributed by atoms with E-state index in [9.17, 15) is 9.59 Å². The second-order valence-electron chi connectivity index (χ2n) is 8.65. The van der Waals surface area contributed by atoms with E-state index >= 15 is 0 Å². The van der Waals surface area contributed by atoms with E-state index in [0.29, 0.717) is 25.3 Å². The van der Waals surface area contributed by atoms with Crippen molar-refractivity contribution in [1.82, 2.24) is 20.1 Å². The Morgan fingerprint density at radius 2 is 1.94 bits per heavy atom. The zero-order valence-corrected chi connectivity index (χ0v) is 20.4. The number of hydrogen-bond acceptors (Lipinski definition) is 6. The number of hydrogen-bond donors (Lipinski definition) is 2. The summed E-state index contributed by atoms with van der Waals surface area (Å²) in [5, 5.41) is 6.37. The maximum atomic E-state index is 11.9. The highest BCUT2D eigenvalue weighted by Crippen LogP contribution is 2.31. The van der Waals surface area contributed by atoms with Gasteiger partial charge in [-0.3, -0.25) is 19.6 Å². The van der Waals surface area contributed by atoms with Crippen LogP contribution >= 0.6 is 0 Å². The Kier molecular flexibility index (Phi) is 8.32. The van der Waals surface area contributed by atoms with Crippen LogP contribution in [0.2, 0.25) is 0 Å². The van der Waals surface area contributed by atoms with Crippen LogP contribution in [0.25, 0.3) is 0 Å². The van der Waals surface area contributed by atoms with Crippen LogP contribution in [-0.2, 0) is 11.2 Å². The molecule has 0 radical (unpaired) electrons. The molecule has 5 rings (SSSR count). The first-order valence-electron chi connectivity index (χ1n) is 12.0. The third-order valence-electron chi connectivity index (χ3n) is 5.97. The van der Waals surface area contributed by atoms with Crippen molar-refractivity contribution >= 4 is 17.5 Å². The number of amides is 2. The number of likely N-dealkylation sites (tertiary alicyclic amines) is 1. The summed E-state index contributed by atoms with van der Waals surface area (Å²) >= 11 is 0. The highest BCUT2D eigenvalue weighted by molar-refractivity contribution is 5.95. The van der Waals surface area contributed by atoms with E-state index in [2.05, 4.69) is 31.9 Å². The number of aromatic amines is 1. The average molecular weight is 487 g/mol. The molecule has 1 saturated heterocycles. The normalized spacial score (nSPS) is 15.0. The summed E-state index contributed by atoms with van der Waals surface area (Å²) in [6, 6.07) is 15.6. The van der Waals surface area contributed by atoms with Crippen molar-refractivity contribution in [2.75, 3.05) is 38.2 Å². The minimum absolute atomic E-state index is 0.0286. The summed E-state index contributed by atoms with van der Waals surface area (Å²) < 4.78 is 5.61. The maximum absolute atomic E-state index is 11.9. The van der Waals surface area contributed by atoms with E-state index in [1.165, 1.54) is 12.8 Å². The van der Waals surface area contributed by atoms with Crippen molar-refractivity contribution in [2.24, 2.45) is 5.73 Å². The standard InChI is InChI=1S/C17H20N2O2.C10H10N4O/c1-18-15-13-14(5-4-11-19-9-2-3-10-19)6-7-16(15)21-12-8-17(18)20;11-9(15)10-12-8(13-14-10)6-7-4-2-1-3-5-7/h6-7,13H,2-3,8-12H2,1H3;1-5H,6H2,(H2,11,15)(H,12,13,14). The summed E-state index contributed by atoms with van der Waals surface area (Å²) in [7, 11) is 1.79. The minimum atomic E-state index is -0.620. The molecule has 3 N–H and O–H groups in total. The molecule has 0 bridgehead atoms. The molecule has 1 aromatic heterocycles. The minimum Gasteiger partial charge on any atom is -0.491 e. The van der Waals surface area contributed by atoms with E-state index in [-0.39, 0.29) is 11.7 Å². The van der Waals surface area contributed by atoms with Crippen molar-refractivity contribution in [1.29, 1.82) is 0 Å². The van der Waals surface area contributed by atoms with Gasteiger partial charge in [-0.15, -0.1) is 5.10 Å². The lowest BCUT2D eigenvalue weighted by Gasteiger charge is -2.16. The number of nitrogens with zero attached hydrogens (tertiary/aromatic N) is 4. The number of carbonyl (C=O) groups is 2. The summed E-state index contributed by atoms with van der Waals surface area (Å²) in [5.41, 5.74) is 7.88. The highest BCUT2D eigenvalue weighted by Gasteiger charge is 2.20. The fourth-order valence-electron chi connectivity index (χ4n) is 4.00. The number of anilines is 1. The first-order valence-corrected chi connectivity index (χ1v) is 12.0. The molecule has 36 heavy (non-hydrogen) atoms. The lowest BCUT2D eigenvalue weighted by Crippen LogP contribution is -2.25. The molecule has 0 unspecified atom stereocenters. The number of primary amides is 1. The number of rotatable bonds is 4. The number of carbonyl (C=O) groups excluding carboxylic acids is 2. The van der Waals surface area contributed by atoms with E-state index in [1.807, 2.05) is 48.5 Å². The van der Waals surface area contributed by atoms with E-state index in [0.717, 1.165) is 42.2 Å². The SMILES string of the molecule is CN1C(=O)CCOc2ccc(C#CCN3CCCC3)cc21.NC(=O)c1n[nH]c(Cc2ccccc2)n1. The van der Waals surface area contributed by atoms with Gasteiger partial charge in [0, 0.05) is 19.0 Å². The predicted molar refractivity (Wildman–Crippen MR) is 137 cm³/mol. The van der Waals surface area contributed by atoms with Gasteiger partial charge in [0.05, 0.1) is 25.3 Å². The largest absolute Gasteiger partial charge is 0.491 e. The molecule has 2 aromatic carbocycles. The fraction of sp³-hybridized carbons (Fsp3) is 0.333. The van der Waals surface area contributed by atoms with Crippen LogP contribution in [0.3, 0.4) is 0 Å². The number of fused-ring (bicyclic) bond motifs is 1. The molecule has 2 amide bonds. The van der Waals surface area contributed by atoms with Gasteiger partial charge >= 0.3 is 0 Å². The number of nitrogens with one attached hydrogen (secondary N) is 1. The van der Waals surface area contributed by atoms with Crippen molar-refractivity contribution in [3.8, 4) is 17.6 Å². The molecular weight excluding hydrogens is 456 g/mol. The second kappa shape index (κ2) is 12.0.